The number of nitrogens with one attached hydrogen (secondary N) is 1. The molecule has 7 heteroatoms. The zero-order chi connectivity index (χ0) is 18.6. The first-order valence-corrected chi connectivity index (χ1v) is 10.3. The Morgan fingerprint density at radius 1 is 1.23 bits per heavy atom. The molecule has 1 atom stereocenters. The van der Waals surface area contributed by atoms with E-state index in [1.54, 1.807) is 36.4 Å². The molecule has 6 nitrogen and oxygen atoms in total. The van der Waals surface area contributed by atoms with E-state index >= 15 is 0 Å². The molecule has 1 saturated heterocycles. The van der Waals surface area contributed by atoms with Crippen LogP contribution >= 0.6 is 0 Å². The maximum atomic E-state index is 12.6. The van der Waals surface area contributed by atoms with Gasteiger partial charge in [0.2, 0.25) is 0 Å². The number of ether oxygens (including phenoxy) is 2. The predicted octanol–water partition coefficient (Wildman–Crippen LogP) is 2.90. The maximum absolute atomic E-state index is 12.6. The van der Waals surface area contributed by atoms with E-state index in [9.17, 15) is 13.2 Å². The average Bonchev–Trinajstić information content (AvgIpc) is 3.13. The van der Waals surface area contributed by atoms with Crippen molar-refractivity contribution < 1.29 is 22.7 Å². The van der Waals surface area contributed by atoms with Crippen LogP contribution in [-0.4, -0.2) is 39.9 Å². The summed E-state index contributed by atoms with van der Waals surface area (Å²) in [6.45, 7) is 1.14. The topological polar surface area (TPSA) is 81.7 Å². The lowest BCUT2D eigenvalue weighted by atomic mass is 10.1. The number of amides is 1. The fourth-order valence-electron chi connectivity index (χ4n) is 2.74. The van der Waals surface area contributed by atoms with Crippen molar-refractivity contribution in [3.8, 4) is 5.75 Å². The summed E-state index contributed by atoms with van der Waals surface area (Å²) in [4.78, 5) is 12.8. The minimum Gasteiger partial charge on any atom is -0.490 e. The van der Waals surface area contributed by atoms with E-state index in [0.717, 1.165) is 25.7 Å². The minimum absolute atomic E-state index is 0.0533. The van der Waals surface area contributed by atoms with Gasteiger partial charge in [-0.15, -0.1) is 0 Å². The second-order valence-corrected chi connectivity index (χ2v) is 8.21. The molecule has 1 aliphatic heterocycles. The van der Waals surface area contributed by atoms with Crippen molar-refractivity contribution in [1.29, 1.82) is 0 Å². The summed E-state index contributed by atoms with van der Waals surface area (Å²) in [5, 5.41) is 2.72. The van der Waals surface area contributed by atoms with Crippen LogP contribution in [0, 0.1) is 0 Å². The molecule has 0 aliphatic carbocycles. The van der Waals surface area contributed by atoms with Gasteiger partial charge in [-0.1, -0.05) is 18.2 Å². The van der Waals surface area contributed by atoms with Gasteiger partial charge in [-0.2, -0.15) is 0 Å². The molecule has 138 valence electrons. The van der Waals surface area contributed by atoms with E-state index in [2.05, 4.69) is 5.32 Å². The highest BCUT2D eigenvalue weighted by molar-refractivity contribution is 7.90. The molecule has 1 aliphatic rings. The smallest absolute Gasteiger partial charge is 0.259 e. The lowest BCUT2D eigenvalue weighted by Gasteiger charge is -2.14. The molecular weight excluding hydrogens is 354 g/mol. The molecule has 0 radical (unpaired) electrons. The number of hydrogen-bond acceptors (Lipinski definition) is 5. The van der Waals surface area contributed by atoms with Crippen molar-refractivity contribution in [3.63, 3.8) is 0 Å². The van der Waals surface area contributed by atoms with Crippen LogP contribution in [-0.2, 0) is 14.6 Å². The number of benzene rings is 2. The quantitative estimate of drug-likeness (QED) is 0.840. The molecule has 3 rings (SSSR count). The molecule has 2 aromatic carbocycles. The van der Waals surface area contributed by atoms with Crippen molar-refractivity contribution in [3.05, 3.63) is 54.1 Å². The third-order valence-electron chi connectivity index (χ3n) is 4.10. The molecule has 0 spiro atoms. The van der Waals surface area contributed by atoms with Crippen LogP contribution in [0.4, 0.5) is 5.69 Å². The average molecular weight is 375 g/mol. The van der Waals surface area contributed by atoms with Gasteiger partial charge in [0.1, 0.15) is 12.4 Å². The van der Waals surface area contributed by atoms with Crippen molar-refractivity contribution >= 4 is 21.4 Å². The Morgan fingerprint density at radius 3 is 2.77 bits per heavy atom. The first kappa shape index (κ1) is 18.4. The Hall–Kier alpha value is -2.38. The summed E-state index contributed by atoms with van der Waals surface area (Å²) in [7, 11) is -3.34. The molecule has 0 saturated carbocycles. The summed E-state index contributed by atoms with van der Waals surface area (Å²) in [5.74, 6) is 0.110. The van der Waals surface area contributed by atoms with Crippen molar-refractivity contribution in [2.24, 2.45) is 0 Å². The van der Waals surface area contributed by atoms with E-state index in [4.69, 9.17) is 9.47 Å². The van der Waals surface area contributed by atoms with E-state index < -0.39 is 9.84 Å². The monoisotopic (exact) mass is 375 g/mol. The maximum Gasteiger partial charge on any atom is 0.259 e. The highest BCUT2D eigenvalue weighted by Gasteiger charge is 2.18. The molecule has 1 N–H and O–H groups in total. The highest BCUT2D eigenvalue weighted by atomic mass is 32.2. The van der Waals surface area contributed by atoms with Gasteiger partial charge in [0.05, 0.1) is 16.6 Å². The number of hydrogen-bond donors (Lipinski definition) is 1. The van der Waals surface area contributed by atoms with Gasteiger partial charge in [0.15, 0.2) is 9.84 Å². The summed E-state index contributed by atoms with van der Waals surface area (Å²) in [6, 6.07) is 13.1. The first-order valence-electron chi connectivity index (χ1n) is 8.38. The van der Waals surface area contributed by atoms with Gasteiger partial charge >= 0.3 is 0 Å². The lowest BCUT2D eigenvalue weighted by Crippen LogP contribution is -2.19. The molecular formula is C19H21NO5S. The molecule has 1 amide bonds. The Bertz CT molecular complexity index is 888. The van der Waals surface area contributed by atoms with Gasteiger partial charge in [0, 0.05) is 18.6 Å². The zero-order valence-electron chi connectivity index (χ0n) is 14.5. The van der Waals surface area contributed by atoms with Gasteiger partial charge in [-0.05, 0) is 43.2 Å². The number of carbonyl (C=O) groups excluding carboxylic acids is 1. The summed E-state index contributed by atoms with van der Waals surface area (Å²) < 4.78 is 34.6. The number of para-hydroxylation sites is 1. The summed E-state index contributed by atoms with van der Waals surface area (Å²) in [6.07, 6.45) is 3.15. The van der Waals surface area contributed by atoms with Crippen molar-refractivity contribution in [1.82, 2.24) is 0 Å². The van der Waals surface area contributed by atoms with Crippen molar-refractivity contribution in [2.45, 2.75) is 23.8 Å². The van der Waals surface area contributed by atoms with Crippen molar-refractivity contribution in [2.75, 3.05) is 24.8 Å². The third kappa shape index (κ3) is 4.62. The van der Waals surface area contributed by atoms with E-state index in [-0.39, 0.29) is 16.9 Å². The van der Waals surface area contributed by atoms with E-state index in [0.29, 0.717) is 23.6 Å². The summed E-state index contributed by atoms with van der Waals surface area (Å²) in [5.41, 5.74) is 0.794. The fraction of sp³-hybridized carbons (Fsp3) is 0.316. The Kier molecular flexibility index (Phi) is 5.58. The van der Waals surface area contributed by atoms with Gasteiger partial charge in [0.25, 0.3) is 5.91 Å². The molecule has 26 heavy (non-hydrogen) atoms. The summed E-state index contributed by atoms with van der Waals surface area (Å²) >= 11 is 0. The van der Waals surface area contributed by atoms with Crippen LogP contribution in [0.25, 0.3) is 0 Å². The first-order chi connectivity index (χ1) is 12.4. The molecule has 1 heterocycles. The molecule has 2 aromatic rings. The fourth-order valence-corrected chi connectivity index (χ4v) is 3.41. The number of carbonyl (C=O) groups is 1. The van der Waals surface area contributed by atoms with E-state index in [1.807, 2.05) is 0 Å². The van der Waals surface area contributed by atoms with Crippen LogP contribution in [0.5, 0.6) is 5.75 Å². The van der Waals surface area contributed by atoms with Crippen LogP contribution in [0.3, 0.4) is 0 Å². The van der Waals surface area contributed by atoms with E-state index in [1.165, 1.54) is 12.1 Å². The van der Waals surface area contributed by atoms with Gasteiger partial charge in [-0.25, -0.2) is 8.42 Å². The predicted molar refractivity (Wildman–Crippen MR) is 98.4 cm³/mol. The third-order valence-corrected chi connectivity index (χ3v) is 5.21. The Morgan fingerprint density at radius 2 is 2.04 bits per heavy atom. The van der Waals surface area contributed by atoms with Crippen LogP contribution < -0.4 is 10.1 Å². The molecule has 0 bridgehead atoms. The number of anilines is 1. The number of sulfone groups is 1. The van der Waals surface area contributed by atoms with Gasteiger partial charge in [-0.3, -0.25) is 4.79 Å². The van der Waals surface area contributed by atoms with Crippen LogP contribution in [0.15, 0.2) is 53.4 Å². The minimum atomic E-state index is -3.34. The lowest BCUT2D eigenvalue weighted by molar-refractivity contribution is 0.0673. The SMILES string of the molecule is CS(=O)(=O)c1cccc(NC(=O)c2ccccc2OCC2CCCO2)c1. The van der Waals surface area contributed by atoms with Crippen LogP contribution in [0.2, 0.25) is 0 Å². The normalized spacial score (nSPS) is 17.0. The molecule has 1 fully saturated rings. The Balaban J connectivity index is 1.73. The second-order valence-electron chi connectivity index (χ2n) is 6.20. The number of rotatable bonds is 6. The molecule has 1 unspecified atom stereocenters. The standard InChI is InChI=1S/C19H21NO5S/c1-26(22,23)16-8-4-6-14(12-16)20-19(21)17-9-2-3-10-18(17)25-13-15-7-5-11-24-15/h2-4,6,8-10,12,15H,5,7,11,13H2,1H3,(H,20,21). The Labute approximate surface area is 153 Å². The largest absolute Gasteiger partial charge is 0.490 e. The second kappa shape index (κ2) is 7.88. The highest BCUT2D eigenvalue weighted by Crippen LogP contribution is 2.22. The molecule has 0 aromatic heterocycles. The van der Waals surface area contributed by atoms with Gasteiger partial charge < -0.3 is 14.8 Å². The zero-order valence-corrected chi connectivity index (χ0v) is 15.3. The van der Waals surface area contributed by atoms with Crippen LogP contribution in [0.1, 0.15) is 23.2 Å².